The van der Waals surface area contributed by atoms with Crippen LogP contribution in [0.15, 0.2) is 103 Å². The summed E-state index contributed by atoms with van der Waals surface area (Å²) in [5, 5.41) is 12.6. The van der Waals surface area contributed by atoms with E-state index < -0.39 is 11.9 Å². The van der Waals surface area contributed by atoms with E-state index in [1.807, 2.05) is 87.5 Å². The van der Waals surface area contributed by atoms with Crippen LogP contribution in [0, 0.1) is 0 Å². The van der Waals surface area contributed by atoms with Crippen molar-refractivity contribution < 1.29 is 28.9 Å². The topological polar surface area (TPSA) is 97.3 Å². The first-order valence-corrected chi connectivity index (χ1v) is 17.2. The minimum Gasteiger partial charge on any atom is -0.459 e. The number of hydrogen-bond donors (Lipinski definition) is 2. The fourth-order valence-corrected chi connectivity index (χ4v) is 6.58. The molecule has 4 aromatic carbocycles. The third-order valence-electron chi connectivity index (χ3n) is 9.00. The van der Waals surface area contributed by atoms with Crippen LogP contribution >= 0.6 is 0 Å². The standard InChI is InChI=1S/C41H46N2O6/c1-41(2,3)49-39(46)36-16-9-21-43(36)26-35-24-37(30-19-17-28(27-44)18-20-30)48-40(47-35)34-15-8-14-33(23-34)32-13-7-10-29(22-32)25-42-38(45)31-11-5-4-6-12-31/h4-8,10-15,17-20,22-23,35-37,40,44H,9,16,21,24-27H2,1-3H3,(H,42,45)/t35-,36+,37+,40+/m1/s1. The molecule has 2 fully saturated rings. The number of nitrogens with one attached hydrogen (secondary N) is 1. The molecule has 2 aliphatic rings. The summed E-state index contributed by atoms with van der Waals surface area (Å²) in [6, 6.07) is 33.1. The maximum atomic E-state index is 13.1. The van der Waals surface area contributed by atoms with Crippen molar-refractivity contribution in [2.45, 2.75) is 83.3 Å². The number of aliphatic hydroxyl groups is 1. The molecule has 0 saturated carbocycles. The number of nitrogens with zero attached hydrogens (tertiary/aromatic N) is 1. The van der Waals surface area contributed by atoms with Crippen molar-refractivity contribution in [1.82, 2.24) is 10.2 Å². The van der Waals surface area contributed by atoms with Crippen LogP contribution in [0.1, 0.15) is 85.0 Å². The second-order valence-electron chi connectivity index (χ2n) is 13.9. The summed E-state index contributed by atoms with van der Waals surface area (Å²) in [7, 11) is 0. The van der Waals surface area contributed by atoms with E-state index in [1.54, 1.807) is 12.1 Å². The first-order valence-electron chi connectivity index (χ1n) is 17.2. The molecule has 6 rings (SSSR count). The minimum absolute atomic E-state index is 0.0193. The maximum Gasteiger partial charge on any atom is 0.323 e. The average molecular weight is 663 g/mol. The molecule has 0 bridgehead atoms. The molecule has 8 nitrogen and oxygen atoms in total. The molecule has 0 radical (unpaired) electrons. The molecule has 2 saturated heterocycles. The number of carbonyl (C=O) groups is 2. The number of rotatable bonds is 10. The van der Waals surface area contributed by atoms with Crippen LogP contribution in [0.2, 0.25) is 0 Å². The van der Waals surface area contributed by atoms with Gasteiger partial charge in [0.25, 0.3) is 5.91 Å². The Morgan fingerprint density at radius 3 is 2.33 bits per heavy atom. The van der Waals surface area contributed by atoms with Crippen LogP contribution in [0.3, 0.4) is 0 Å². The van der Waals surface area contributed by atoms with Crippen molar-refractivity contribution in [3.05, 3.63) is 131 Å². The van der Waals surface area contributed by atoms with Crippen LogP contribution in [-0.2, 0) is 32.2 Å². The van der Waals surface area contributed by atoms with Gasteiger partial charge in [0.15, 0.2) is 6.29 Å². The smallest absolute Gasteiger partial charge is 0.323 e. The molecule has 0 aliphatic carbocycles. The summed E-state index contributed by atoms with van der Waals surface area (Å²) >= 11 is 0. The van der Waals surface area contributed by atoms with Gasteiger partial charge in [0.1, 0.15) is 11.6 Å². The Bertz CT molecular complexity index is 1720. The number of likely N-dealkylation sites (tertiary alicyclic amines) is 1. The zero-order valence-corrected chi connectivity index (χ0v) is 28.5. The largest absolute Gasteiger partial charge is 0.459 e. The van der Waals surface area contributed by atoms with Gasteiger partial charge in [0, 0.05) is 30.6 Å². The lowest BCUT2D eigenvalue weighted by Crippen LogP contribution is -2.45. The summed E-state index contributed by atoms with van der Waals surface area (Å²) in [6.45, 7) is 7.49. The number of ether oxygens (including phenoxy) is 3. The van der Waals surface area contributed by atoms with Gasteiger partial charge < -0.3 is 24.6 Å². The third-order valence-corrected chi connectivity index (χ3v) is 9.00. The third kappa shape index (κ3) is 9.02. The van der Waals surface area contributed by atoms with Crippen molar-refractivity contribution in [3.63, 3.8) is 0 Å². The highest BCUT2D eigenvalue weighted by molar-refractivity contribution is 5.94. The number of hydrogen-bond acceptors (Lipinski definition) is 7. The van der Waals surface area contributed by atoms with E-state index in [1.165, 1.54) is 0 Å². The molecule has 0 spiro atoms. The molecule has 2 aliphatic heterocycles. The summed E-state index contributed by atoms with van der Waals surface area (Å²) in [5.74, 6) is -0.291. The van der Waals surface area contributed by atoms with Gasteiger partial charge in [0.05, 0.1) is 18.8 Å². The monoisotopic (exact) mass is 662 g/mol. The molecule has 256 valence electrons. The normalized spacial score (nSPS) is 21.3. The molecule has 1 amide bonds. The van der Waals surface area contributed by atoms with Crippen LogP contribution in [0.5, 0.6) is 0 Å². The molecule has 0 aromatic heterocycles. The van der Waals surface area contributed by atoms with Gasteiger partial charge in [-0.2, -0.15) is 0 Å². The molecule has 4 atom stereocenters. The lowest BCUT2D eigenvalue weighted by molar-refractivity contribution is -0.253. The lowest BCUT2D eigenvalue weighted by atomic mass is 9.98. The fourth-order valence-electron chi connectivity index (χ4n) is 6.58. The van der Waals surface area contributed by atoms with E-state index in [0.29, 0.717) is 25.1 Å². The Morgan fingerprint density at radius 1 is 0.857 bits per heavy atom. The predicted octanol–water partition coefficient (Wildman–Crippen LogP) is 7.13. The van der Waals surface area contributed by atoms with E-state index in [0.717, 1.165) is 52.8 Å². The van der Waals surface area contributed by atoms with Crippen molar-refractivity contribution in [1.29, 1.82) is 0 Å². The van der Waals surface area contributed by atoms with E-state index in [4.69, 9.17) is 14.2 Å². The van der Waals surface area contributed by atoms with Crippen molar-refractivity contribution in [3.8, 4) is 11.1 Å². The quantitative estimate of drug-likeness (QED) is 0.175. The summed E-state index contributed by atoms with van der Waals surface area (Å²) in [5.41, 5.74) is 5.87. The molecule has 49 heavy (non-hydrogen) atoms. The molecule has 2 N–H and O–H groups in total. The van der Waals surface area contributed by atoms with Crippen LogP contribution in [-0.4, -0.2) is 52.7 Å². The number of benzene rings is 4. The highest BCUT2D eigenvalue weighted by atomic mass is 16.7. The van der Waals surface area contributed by atoms with Gasteiger partial charge in [0.2, 0.25) is 0 Å². The van der Waals surface area contributed by atoms with Crippen LogP contribution in [0.25, 0.3) is 11.1 Å². The zero-order chi connectivity index (χ0) is 34.4. The molecular weight excluding hydrogens is 616 g/mol. The number of carbonyl (C=O) groups excluding carboxylic acids is 2. The minimum atomic E-state index is -0.628. The van der Waals surface area contributed by atoms with Gasteiger partial charge in [-0.15, -0.1) is 0 Å². The number of amides is 1. The number of aliphatic hydroxyl groups excluding tert-OH is 1. The first kappa shape index (κ1) is 34.5. The van der Waals surface area contributed by atoms with Crippen molar-refractivity contribution in [2.75, 3.05) is 13.1 Å². The van der Waals surface area contributed by atoms with Crippen LogP contribution in [0.4, 0.5) is 0 Å². The lowest BCUT2D eigenvalue weighted by Gasteiger charge is -2.38. The molecule has 4 aromatic rings. The molecule has 2 heterocycles. The number of esters is 1. The maximum absolute atomic E-state index is 13.1. The first-order chi connectivity index (χ1) is 23.6. The highest BCUT2D eigenvalue weighted by Crippen LogP contribution is 2.39. The van der Waals surface area contributed by atoms with Crippen LogP contribution < -0.4 is 5.32 Å². The summed E-state index contributed by atoms with van der Waals surface area (Å²) in [6.07, 6.45) is 1.27. The molecular formula is C41H46N2O6. The fraction of sp³-hybridized carbons (Fsp3) is 0.366. The average Bonchev–Trinajstić information content (AvgIpc) is 3.58. The molecule has 8 heteroatoms. The van der Waals surface area contributed by atoms with E-state index in [9.17, 15) is 14.7 Å². The molecule has 0 unspecified atom stereocenters. The van der Waals surface area contributed by atoms with E-state index >= 15 is 0 Å². The second-order valence-corrected chi connectivity index (χ2v) is 13.9. The van der Waals surface area contributed by atoms with E-state index in [-0.39, 0.29) is 36.7 Å². The SMILES string of the molecule is CC(C)(C)OC(=O)[C@@H]1CCCN1C[C@H]1C[C@@H](c2ccc(CO)cc2)O[C@@H](c2cccc(-c3cccc(CNC(=O)c4ccccc4)c3)c2)O1. The van der Waals surface area contributed by atoms with Gasteiger partial charge in [-0.05, 0) is 92.2 Å². The Morgan fingerprint density at radius 2 is 1.59 bits per heavy atom. The van der Waals surface area contributed by atoms with Gasteiger partial charge in [-0.25, -0.2) is 0 Å². The Kier molecular flexibility index (Phi) is 10.9. The van der Waals surface area contributed by atoms with E-state index in [2.05, 4.69) is 34.5 Å². The van der Waals surface area contributed by atoms with Gasteiger partial charge in [-0.1, -0.05) is 78.9 Å². The Labute approximate surface area is 289 Å². The highest BCUT2D eigenvalue weighted by Gasteiger charge is 2.39. The zero-order valence-electron chi connectivity index (χ0n) is 28.5. The van der Waals surface area contributed by atoms with Crippen molar-refractivity contribution in [2.24, 2.45) is 0 Å². The Balaban J connectivity index is 1.21. The summed E-state index contributed by atoms with van der Waals surface area (Å²) in [4.78, 5) is 27.9. The predicted molar refractivity (Wildman–Crippen MR) is 188 cm³/mol. The van der Waals surface area contributed by atoms with Crippen molar-refractivity contribution >= 4 is 11.9 Å². The van der Waals surface area contributed by atoms with Gasteiger partial charge >= 0.3 is 5.97 Å². The van der Waals surface area contributed by atoms with Gasteiger partial charge in [-0.3, -0.25) is 14.5 Å². The Hall–Kier alpha value is -4.34. The summed E-state index contributed by atoms with van der Waals surface area (Å²) < 4.78 is 19.1. The second kappa shape index (κ2) is 15.5.